The topological polar surface area (TPSA) is 58.4 Å². The molecule has 3 rings (SSSR count). The lowest BCUT2D eigenvalue weighted by Gasteiger charge is -2.32. The van der Waals surface area contributed by atoms with Gasteiger partial charge in [-0.25, -0.2) is 0 Å². The Morgan fingerprint density at radius 3 is 2.38 bits per heavy atom. The molecule has 1 aliphatic heterocycles. The van der Waals surface area contributed by atoms with Crippen LogP contribution in [0.5, 0.6) is 0 Å². The highest BCUT2D eigenvalue weighted by Gasteiger charge is 2.32. The van der Waals surface area contributed by atoms with Gasteiger partial charge < -0.3 is 16.0 Å². The summed E-state index contributed by atoms with van der Waals surface area (Å²) in [5.41, 5.74) is 8.13. The standard InChI is InChI=1S/C17H25N3O/c1-12-2-4-13(5-3-12)16(18)17(21)19-14-8-10-20(11-9-14)15-6-7-15/h2-5,14-16H,6-11,18H2,1H3,(H,19,21). The Kier molecular flexibility index (Phi) is 4.27. The van der Waals surface area contributed by atoms with Crippen LogP contribution in [-0.2, 0) is 4.79 Å². The smallest absolute Gasteiger partial charge is 0.241 e. The first-order valence-electron chi connectivity index (χ1n) is 8.00. The minimum atomic E-state index is -0.563. The van der Waals surface area contributed by atoms with Crippen LogP contribution in [0.15, 0.2) is 24.3 Å². The normalized spacial score (nSPS) is 22.0. The largest absolute Gasteiger partial charge is 0.352 e. The molecule has 1 saturated heterocycles. The van der Waals surface area contributed by atoms with Crippen LogP contribution in [0.25, 0.3) is 0 Å². The first-order chi connectivity index (χ1) is 10.1. The van der Waals surface area contributed by atoms with Crippen molar-refractivity contribution in [2.24, 2.45) is 5.73 Å². The van der Waals surface area contributed by atoms with Gasteiger partial charge in [0.05, 0.1) is 0 Å². The second-order valence-corrected chi connectivity index (χ2v) is 6.44. The number of aryl methyl sites for hydroxylation is 1. The maximum absolute atomic E-state index is 12.3. The summed E-state index contributed by atoms with van der Waals surface area (Å²) in [4.78, 5) is 14.8. The van der Waals surface area contributed by atoms with E-state index in [9.17, 15) is 4.79 Å². The molecule has 0 aromatic heterocycles. The van der Waals surface area contributed by atoms with Crippen LogP contribution < -0.4 is 11.1 Å². The van der Waals surface area contributed by atoms with Crippen LogP contribution >= 0.6 is 0 Å². The van der Waals surface area contributed by atoms with Gasteiger partial charge in [0.1, 0.15) is 6.04 Å². The van der Waals surface area contributed by atoms with Gasteiger partial charge in [0.2, 0.25) is 5.91 Å². The zero-order chi connectivity index (χ0) is 14.8. The first kappa shape index (κ1) is 14.5. The maximum atomic E-state index is 12.3. The molecule has 114 valence electrons. The third kappa shape index (κ3) is 3.63. The SMILES string of the molecule is Cc1ccc(C(N)C(=O)NC2CCN(C3CC3)CC2)cc1. The predicted molar refractivity (Wildman–Crippen MR) is 83.9 cm³/mol. The van der Waals surface area contributed by atoms with Gasteiger partial charge in [-0.3, -0.25) is 4.79 Å². The molecule has 3 N–H and O–H groups in total. The molecule has 4 nitrogen and oxygen atoms in total. The van der Waals surface area contributed by atoms with E-state index in [1.165, 1.54) is 18.4 Å². The second-order valence-electron chi connectivity index (χ2n) is 6.44. The molecular weight excluding hydrogens is 262 g/mol. The number of carbonyl (C=O) groups is 1. The summed E-state index contributed by atoms with van der Waals surface area (Å²) in [6.45, 7) is 4.24. The Bertz CT molecular complexity index is 487. The number of benzene rings is 1. The molecule has 0 radical (unpaired) electrons. The third-order valence-electron chi connectivity index (χ3n) is 4.66. The van der Waals surface area contributed by atoms with Crippen molar-refractivity contribution < 1.29 is 4.79 Å². The highest BCUT2D eigenvalue weighted by atomic mass is 16.2. The van der Waals surface area contributed by atoms with Crippen molar-refractivity contribution in [2.75, 3.05) is 13.1 Å². The van der Waals surface area contributed by atoms with E-state index in [1.54, 1.807) is 0 Å². The lowest BCUT2D eigenvalue weighted by molar-refractivity contribution is -0.123. The fraction of sp³-hybridized carbons (Fsp3) is 0.588. The van der Waals surface area contributed by atoms with Crippen molar-refractivity contribution >= 4 is 5.91 Å². The van der Waals surface area contributed by atoms with Crippen LogP contribution in [0.3, 0.4) is 0 Å². The molecule has 1 unspecified atom stereocenters. The highest BCUT2D eigenvalue weighted by Crippen LogP contribution is 2.29. The molecule has 1 heterocycles. The minimum absolute atomic E-state index is 0.0521. The zero-order valence-electron chi connectivity index (χ0n) is 12.7. The van der Waals surface area contributed by atoms with Crippen LogP contribution in [0.1, 0.15) is 42.9 Å². The van der Waals surface area contributed by atoms with Gasteiger partial charge in [0, 0.05) is 25.2 Å². The molecule has 1 amide bonds. The predicted octanol–water partition coefficient (Wildman–Crippen LogP) is 1.74. The molecule has 4 heteroatoms. The Hall–Kier alpha value is -1.39. The van der Waals surface area contributed by atoms with Gasteiger partial charge in [-0.2, -0.15) is 0 Å². The lowest BCUT2D eigenvalue weighted by Crippen LogP contribution is -2.47. The van der Waals surface area contributed by atoms with E-state index >= 15 is 0 Å². The second kappa shape index (κ2) is 6.16. The lowest BCUT2D eigenvalue weighted by atomic mass is 10.0. The zero-order valence-corrected chi connectivity index (χ0v) is 12.7. The maximum Gasteiger partial charge on any atom is 0.241 e. The third-order valence-corrected chi connectivity index (χ3v) is 4.66. The summed E-state index contributed by atoms with van der Waals surface area (Å²) in [7, 11) is 0. The van der Waals surface area contributed by atoms with Crippen molar-refractivity contribution in [1.82, 2.24) is 10.2 Å². The average molecular weight is 287 g/mol. The van der Waals surface area contributed by atoms with Gasteiger partial charge in [0.15, 0.2) is 0 Å². The van der Waals surface area contributed by atoms with E-state index in [2.05, 4.69) is 10.2 Å². The van der Waals surface area contributed by atoms with E-state index in [0.717, 1.165) is 37.5 Å². The van der Waals surface area contributed by atoms with Crippen molar-refractivity contribution in [2.45, 2.75) is 50.7 Å². The number of rotatable bonds is 4. The summed E-state index contributed by atoms with van der Waals surface area (Å²) in [5.74, 6) is -0.0521. The molecular formula is C17H25N3O. The quantitative estimate of drug-likeness (QED) is 0.887. The molecule has 1 aliphatic carbocycles. The van der Waals surface area contributed by atoms with Crippen LogP contribution in [0.4, 0.5) is 0 Å². The molecule has 0 bridgehead atoms. The Balaban J connectivity index is 1.50. The number of carbonyl (C=O) groups excluding carboxylic acids is 1. The van der Waals surface area contributed by atoms with E-state index < -0.39 is 6.04 Å². The molecule has 2 fully saturated rings. The minimum Gasteiger partial charge on any atom is -0.352 e. The van der Waals surface area contributed by atoms with Crippen molar-refractivity contribution in [3.8, 4) is 0 Å². The van der Waals surface area contributed by atoms with Gasteiger partial charge in [-0.05, 0) is 38.2 Å². The number of likely N-dealkylation sites (tertiary alicyclic amines) is 1. The van der Waals surface area contributed by atoms with Crippen LogP contribution in [0.2, 0.25) is 0 Å². The molecule has 1 aromatic rings. The van der Waals surface area contributed by atoms with E-state index in [-0.39, 0.29) is 11.9 Å². The molecule has 1 atom stereocenters. The molecule has 0 spiro atoms. The Morgan fingerprint density at radius 1 is 1.19 bits per heavy atom. The monoisotopic (exact) mass is 287 g/mol. The number of nitrogens with one attached hydrogen (secondary N) is 1. The molecule has 21 heavy (non-hydrogen) atoms. The fourth-order valence-electron chi connectivity index (χ4n) is 3.06. The Morgan fingerprint density at radius 2 is 1.81 bits per heavy atom. The summed E-state index contributed by atoms with van der Waals surface area (Å²) >= 11 is 0. The van der Waals surface area contributed by atoms with E-state index in [1.807, 2.05) is 31.2 Å². The fourth-order valence-corrected chi connectivity index (χ4v) is 3.06. The summed E-state index contributed by atoms with van der Waals surface area (Å²) < 4.78 is 0. The number of nitrogens with two attached hydrogens (primary N) is 1. The summed E-state index contributed by atoms with van der Waals surface area (Å²) in [6, 6.07) is 8.42. The first-order valence-corrected chi connectivity index (χ1v) is 8.00. The number of nitrogens with zero attached hydrogens (tertiary/aromatic N) is 1. The number of hydrogen-bond donors (Lipinski definition) is 2. The number of piperidine rings is 1. The summed E-state index contributed by atoms with van der Waals surface area (Å²) in [6.07, 6.45) is 4.80. The van der Waals surface area contributed by atoms with Crippen molar-refractivity contribution in [3.05, 3.63) is 35.4 Å². The van der Waals surface area contributed by atoms with Gasteiger partial charge in [-0.1, -0.05) is 29.8 Å². The van der Waals surface area contributed by atoms with Crippen molar-refractivity contribution in [3.63, 3.8) is 0 Å². The van der Waals surface area contributed by atoms with E-state index in [0.29, 0.717) is 0 Å². The Labute approximate surface area is 126 Å². The van der Waals surface area contributed by atoms with Gasteiger partial charge in [-0.15, -0.1) is 0 Å². The van der Waals surface area contributed by atoms with E-state index in [4.69, 9.17) is 5.73 Å². The molecule has 2 aliphatic rings. The van der Waals surface area contributed by atoms with Crippen LogP contribution in [0, 0.1) is 6.92 Å². The molecule has 1 saturated carbocycles. The van der Waals surface area contributed by atoms with Crippen LogP contribution in [-0.4, -0.2) is 36.0 Å². The number of amides is 1. The molecule has 1 aromatic carbocycles. The van der Waals surface area contributed by atoms with Gasteiger partial charge >= 0.3 is 0 Å². The van der Waals surface area contributed by atoms with Gasteiger partial charge in [0.25, 0.3) is 0 Å². The highest BCUT2D eigenvalue weighted by molar-refractivity contribution is 5.83. The average Bonchev–Trinajstić information content (AvgIpc) is 3.33. The summed E-state index contributed by atoms with van der Waals surface area (Å²) in [5, 5.41) is 3.12. The van der Waals surface area contributed by atoms with Crippen molar-refractivity contribution in [1.29, 1.82) is 0 Å². The number of hydrogen-bond acceptors (Lipinski definition) is 3.